The van der Waals surface area contributed by atoms with Crippen LogP contribution in [0.15, 0.2) is 29.4 Å². The van der Waals surface area contributed by atoms with Crippen LogP contribution in [0.4, 0.5) is 4.39 Å². The van der Waals surface area contributed by atoms with E-state index in [4.69, 9.17) is 12.2 Å². The van der Waals surface area contributed by atoms with Crippen LogP contribution in [0.1, 0.15) is 115 Å². The Balaban J connectivity index is 1.80. The Kier molecular flexibility index (Phi) is 18.1. The molecule has 0 fully saturated rings. The second kappa shape index (κ2) is 20.4. The summed E-state index contributed by atoms with van der Waals surface area (Å²) in [7, 11) is 0. The summed E-state index contributed by atoms with van der Waals surface area (Å²) in [4.78, 5) is 0. The minimum atomic E-state index is -0.249. The fourth-order valence-corrected chi connectivity index (χ4v) is 3.78. The highest BCUT2D eigenvalue weighted by molar-refractivity contribution is 7.80. The van der Waals surface area contributed by atoms with Gasteiger partial charge in [-0.05, 0) is 36.3 Å². The van der Waals surface area contributed by atoms with Gasteiger partial charge >= 0.3 is 0 Å². The van der Waals surface area contributed by atoms with Crippen molar-refractivity contribution in [2.75, 3.05) is 6.54 Å². The Morgan fingerprint density at radius 3 is 1.71 bits per heavy atom. The van der Waals surface area contributed by atoms with Crippen molar-refractivity contribution < 1.29 is 4.39 Å². The first kappa shape index (κ1) is 27.5. The maximum absolute atomic E-state index is 12.8. The number of unbranched alkanes of at least 4 members (excludes halogenated alkanes) is 15. The molecule has 0 radical (unpaired) electrons. The van der Waals surface area contributed by atoms with E-state index in [2.05, 4.69) is 22.8 Å². The van der Waals surface area contributed by atoms with E-state index in [1.54, 1.807) is 18.3 Å². The number of hydrazone groups is 1. The van der Waals surface area contributed by atoms with Gasteiger partial charge in [0, 0.05) is 6.54 Å². The Morgan fingerprint density at radius 2 is 1.23 bits per heavy atom. The molecule has 0 saturated heterocycles. The lowest BCUT2D eigenvalue weighted by molar-refractivity contribution is 0.529. The molecule has 0 amide bonds. The van der Waals surface area contributed by atoms with Crippen LogP contribution in [0.25, 0.3) is 0 Å². The molecule has 1 rings (SSSR count). The van der Waals surface area contributed by atoms with Crippen LogP contribution >= 0.6 is 12.2 Å². The summed E-state index contributed by atoms with van der Waals surface area (Å²) >= 11 is 5.20. The number of hydrogen-bond acceptors (Lipinski definition) is 2. The van der Waals surface area contributed by atoms with Crippen LogP contribution in [-0.2, 0) is 0 Å². The Morgan fingerprint density at radius 1 is 0.774 bits per heavy atom. The molecule has 0 heterocycles. The quantitative estimate of drug-likeness (QED) is 0.0975. The van der Waals surface area contributed by atoms with Gasteiger partial charge in [0.25, 0.3) is 0 Å². The molecular formula is C26H44FN3S. The lowest BCUT2D eigenvalue weighted by Crippen LogP contribution is -2.32. The molecule has 0 saturated carbocycles. The average Bonchev–Trinajstić information content (AvgIpc) is 2.77. The molecule has 0 atom stereocenters. The number of thiocarbonyl (C=S) groups is 1. The molecule has 0 aliphatic heterocycles. The summed E-state index contributed by atoms with van der Waals surface area (Å²) in [5.74, 6) is -0.249. The SMILES string of the molecule is CCCCCCCCCCCCCCCCCCNC(=S)NN=Cc1ccc(F)cc1. The van der Waals surface area contributed by atoms with Gasteiger partial charge < -0.3 is 5.32 Å². The van der Waals surface area contributed by atoms with Crippen LogP contribution in [-0.4, -0.2) is 17.9 Å². The third-order valence-electron chi connectivity index (χ3n) is 5.57. The smallest absolute Gasteiger partial charge is 0.186 e. The zero-order valence-corrected chi connectivity index (χ0v) is 20.5. The van der Waals surface area contributed by atoms with E-state index in [0.29, 0.717) is 5.11 Å². The van der Waals surface area contributed by atoms with Gasteiger partial charge in [-0.2, -0.15) is 5.10 Å². The van der Waals surface area contributed by atoms with Crippen LogP contribution in [0, 0.1) is 5.82 Å². The van der Waals surface area contributed by atoms with Crippen molar-refractivity contribution >= 4 is 23.5 Å². The summed E-state index contributed by atoms with van der Waals surface area (Å²) < 4.78 is 12.8. The molecule has 176 valence electrons. The fourth-order valence-electron chi connectivity index (χ4n) is 3.63. The van der Waals surface area contributed by atoms with Gasteiger partial charge in [0.1, 0.15) is 5.82 Å². The van der Waals surface area contributed by atoms with Gasteiger partial charge in [-0.3, -0.25) is 5.43 Å². The van der Waals surface area contributed by atoms with Crippen LogP contribution in [0.3, 0.4) is 0 Å². The van der Waals surface area contributed by atoms with Gasteiger partial charge in [0.15, 0.2) is 5.11 Å². The molecule has 2 N–H and O–H groups in total. The third kappa shape index (κ3) is 17.8. The number of nitrogens with zero attached hydrogens (tertiary/aromatic N) is 1. The molecule has 3 nitrogen and oxygen atoms in total. The summed E-state index contributed by atoms with van der Waals surface area (Å²) in [6.07, 6.45) is 23.7. The molecule has 0 bridgehead atoms. The minimum Gasteiger partial charge on any atom is -0.361 e. The van der Waals surface area contributed by atoms with Gasteiger partial charge in [0.05, 0.1) is 6.21 Å². The number of halogens is 1. The van der Waals surface area contributed by atoms with Crippen molar-refractivity contribution in [2.45, 2.75) is 110 Å². The first-order chi connectivity index (χ1) is 15.2. The predicted octanol–water partition coefficient (Wildman–Crippen LogP) is 7.89. The first-order valence-electron chi connectivity index (χ1n) is 12.5. The Hall–Kier alpha value is -1.49. The highest BCUT2D eigenvalue weighted by Crippen LogP contribution is 2.13. The summed E-state index contributed by atoms with van der Waals surface area (Å²) in [5.41, 5.74) is 3.62. The lowest BCUT2D eigenvalue weighted by Gasteiger charge is -2.07. The van der Waals surface area contributed by atoms with Crippen molar-refractivity contribution in [3.8, 4) is 0 Å². The van der Waals surface area contributed by atoms with Gasteiger partial charge in [-0.25, -0.2) is 4.39 Å². The van der Waals surface area contributed by atoms with E-state index >= 15 is 0 Å². The van der Waals surface area contributed by atoms with Crippen molar-refractivity contribution in [1.29, 1.82) is 0 Å². The van der Waals surface area contributed by atoms with Crippen LogP contribution in [0.2, 0.25) is 0 Å². The van der Waals surface area contributed by atoms with Gasteiger partial charge in [-0.15, -0.1) is 0 Å². The standard InChI is InChI=1S/C26H44FN3S/c1-2-3-4-5-6-7-8-9-10-11-12-13-14-15-16-17-22-28-26(31)30-29-23-24-18-20-25(27)21-19-24/h18-21,23H,2-17,22H2,1H3,(H2,28,30,31). The van der Waals surface area contributed by atoms with Gasteiger partial charge in [0.2, 0.25) is 0 Å². The zero-order valence-electron chi connectivity index (χ0n) is 19.6. The number of nitrogens with one attached hydrogen (secondary N) is 2. The van der Waals surface area contributed by atoms with E-state index in [1.165, 1.54) is 108 Å². The van der Waals surface area contributed by atoms with E-state index in [9.17, 15) is 4.39 Å². The molecule has 0 spiro atoms. The maximum atomic E-state index is 12.8. The van der Waals surface area contributed by atoms with E-state index in [1.807, 2.05) is 0 Å². The van der Waals surface area contributed by atoms with E-state index in [0.717, 1.165) is 18.5 Å². The predicted molar refractivity (Wildman–Crippen MR) is 137 cm³/mol. The number of rotatable bonds is 19. The molecule has 5 heteroatoms. The summed E-state index contributed by atoms with van der Waals surface area (Å²) in [5, 5.41) is 7.77. The molecular weight excluding hydrogens is 405 g/mol. The fraction of sp³-hybridized carbons (Fsp3) is 0.692. The van der Waals surface area contributed by atoms with Crippen LogP contribution < -0.4 is 10.7 Å². The number of benzene rings is 1. The van der Waals surface area contributed by atoms with E-state index in [-0.39, 0.29) is 5.82 Å². The van der Waals surface area contributed by atoms with Gasteiger partial charge in [-0.1, -0.05) is 115 Å². The highest BCUT2D eigenvalue weighted by atomic mass is 32.1. The maximum Gasteiger partial charge on any atom is 0.186 e. The normalized spacial score (nSPS) is 11.2. The second-order valence-electron chi connectivity index (χ2n) is 8.48. The van der Waals surface area contributed by atoms with Crippen molar-refractivity contribution in [3.63, 3.8) is 0 Å². The molecule has 0 aromatic heterocycles. The third-order valence-corrected chi connectivity index (χ3v) is 5.80. The highest BCUT2D eigenvalue weighted by Gasteiger charge is 1.96. The summed E-state index contributed by atoms with van der Waals surface area (Å²) in [6.45, 7) is 3.15. The Bertz CT molecular complexity index is 575. The lowest BCUT2D eigenvalue weighted by atomic mass is 10.0. The average molecular weight is 450 g/mol. The molecule has 1 aromatic carbocycles. The topological polar surface area (TPSA) is 36.4 Å². The van der Waals surface area contributed by atoms with Crippen molar-refractivity contribution in [3.05, 3.63) is 35.6 Å². The zero-order chi connectivity index (χ0) is 22.4. The summed E-state index contributed by atoms with van der Waals surface area (Å²) in [6, 6.07) is 6.17. The minimum absolute atomic E-state index is 0.249. The molecule has 0 aliphatic carbocycles. The molecule has 31 heavy (non-hydrogen) atoms. The van der Waals surface area contributed by atoms with E-state index < -0.39 is 0 Å². The monoisotopic (exact) mass is 449 g/mol. The second-order valence-corrected chi connectivity index (χ2v) is 8.89. The molecule has 1 aromatic rings. The van der Waals surface area contributed by atoms with Crippen molar-refractivity contribution in [2.24, 2.45) is 5.10 Å². The van der Waals surface area contributed by atoms with Crippen molar-refractivity contribution in [1.82, 2.24) is 10.7 Å². The number of hydrogen-bond donors (Lipinski definition) is 2. The van der Waals surface area contributed by atoms with Crippen LogP contribution in [0.5, 0.6) is 0 Å². The molecule has 0 aliphatic rings. The Labute approximate surface area is 195 Å². The molecule has 0 unspecified atom stereocenters. The first-order valence-corrected chi connectivity index (χ1v) is 13.0. The largest absolute Gasteiger partial charge is 0.361 e.